The van der Waals surface area contributed by atoms with E-state index in [1.54, 1.807) is 16.7 Å². The fourth-order valence-electron chi connectivity index (χ4n) is 5.03. The van der Waals surface area contributed by atoms with E-state index in [1.807, 2.05) is 6.92 Å². The number of hydrogen-bond acceptors (Lipinski definition) is 6. The maximum atomic E-state index is 13.5. The predicted octanol–water partition coefficient (Wildman–Crippen LogP) is 4.24. The lowest BCUT2D eigenvalue weighted by molar-refractivity contribution is -0.101. The van der Waals surface area contributed by atoms with Gasteiger partial charge in [-0.3, -0.25) is 4.79 Å². The highest BCUT2D eigenvalue weighted by Crippen LogP contribution is 2.51. The van der Waals surface area contributed by atoms with E-state index < -0.39 is 23.7 Å². The Morgan fingerprint density at radius 3 is 2.16 bits per heavy atom. The van der Waals surface area contributed by atoms with Crippen LogP contribution in [-0.4, -0.2) is 62.2 Å². The number of hydrogen-bond donors (Lipinski definition) is 0. The lowest BCUT2D eigenvalue weighted by atomic mass is 9.93. The van der Waals surface area contributed by atoms with Crippen molar-refractivity contribution in [3.63, 3.8) is 0 Å². The molecule has 3 unspecified atom stereocenters. The van der Waals surface area contributed by atoms with E-state index >= 15 is 0 Å². The number of alkyl halides is 4. The zero-order valence-corrected chi connectivity index (χ0v) is 20.9. The Kier molecular flexibility index (Phi) is 6.33. The molecule has 11 heteroatoms. The summed E-state index contributed by atoms with van der Waals surface area (Å²) < 4.78 is 84.0. The second-order valence-electron chi connectivity index (χ2n) is 10.5. The van der Waals surface area contributed by atoms with Gasteiger partial charge in [-0.15, -0.1) is 0 Å². The standard InChI is InChI=1S/C27H29F4NO6/c1-15-21(38-14-19-13-34-4-5-35-19)8-24(33)32-3-2-16-6-22(36-11-17-9-26(17,28)29)23(7-20(16)25(15)32)37-12-18-10-27(18,30)31/h6-8,17-19H,2-5,9-14H2,1H3. The van der Waals surface area contributed by atoms with Gasteiger partial charge in [0.05, 0.1) is 50.6 Å². The highest BCUT2D eigenvalue weighted by molar-refractivity contribution is 5.74. The van der Waals surface area contributed by atoms with Gasteiger partial charge < -0.3 is 28.3 Å². The van der Waals surface area contributed by atoms with E-state index in [0.29, 0.717) is 49.8 Å². The van der Waals surface area contributed by atoms with Crippen LogP contribution in [0.2, 0.25) is 0 Å². The number of fused-ring (bicyclic) bond motifs is 3. The lowest BCUT2D eigenvalue weighted by Gasteiger charge is -2.27. The monoisotopic (exact) mass is 539 g/mol. The molecule has 1 aromatic heterocycles. The Labute approximate surface area is 216 Å². The van der Waals surface area contributed by atoms with Crippen molar-refractivity contribution < 1.29 is 41.2 Å². The fraction of sp³-hybridized carbons (Fsp3) is 0.593. The molecular weight excluding hydrogens is 510 g/mol. The largest absolute Gasteiger partial charge is 0.490 e. The number of halogens is 4. The first-order chi connectivity index (χ1) is 18.1. The second-order valence-corrected chi connectivity index (χ2v) is 10.5. The van der Waals surface area contributed by atoms with Crippen LogP contribution in [0.15, 0.2) is 23.0 Å². The van der Waals surface area contributed by atoms with Crippen LogP contribution >= 0.6 is 0 Å². The zero-order valence-electron chi connectivity index (χ0n) is 20.9. The van der Waals surface area contributed by atoms with Gasteiger partial charge in [0.25, 0.3) is 17.4 Å². The molecule has 3 fully saturated rings. The van der Waals surface area contributed by atoms with Gasteiger partial charge in [-0.25, -0.2) is 17.6 Å². The molecule has 4 aliphatic rings. The van der Waals surface area contributed by atoms with Gasteiger partial charge in [0.1, 0.15) is 18.5 Å². The van der Waals surface area contributed by atoms with Crippen LogP contribution in [0.25, 0.3) is 11.3 Å². The van der Waals surface area contributed by atoms with Crippen LogP contribution in [0.1, 0.15) is 24.0 Å². The molecule has 6 rings (SSSR count). The molecule has 2 aromatic rings. The summed E-state index contributed by atoms with van der Waals surface area (Å²) in [4.78, 5) is 13.0. The van der Waals surface area contributed by atoms with Gasteiger partial charge in [-0.1, -0.05) is 0 Å². The maximum Gasteiger partial charge on any atom is 0.255 e. The van der Waals surface area contributed by atoms with Crippen LogP contribution in [-0.2, 0) is 22.4 Å². The predicted molar refractivity (Wildman–Crippen MR) is 128 cm³/mol. The van der Waals surface area contributed by atoms with Crippen LogP contribution in [0, 0.1) is 18.8 Å². The van der Waals surface area contributed by atoms with Crippen molar-refractivity contribution in [1.29, 1.82) is 0 Å². The van der Waals surface area contributed by atoms with Crippen molar-refractivity contribution in [1.82, 2.24) is 4.57 Å². The van der Waals surface area contributed by atoms with Crippen LogP contribution in [0.5, 0.6) is 17.2 Å². The fourth-order valence-corrected chi connectivity index (χ4v) is 5.03. The molecule has 2 aliphatic carbocycles. The second kappa shape index (κ2) is 9.44. The van der Waals surface area contributed by atoms with E-state index in [2.05, 4.69) is 0 Å². The average molecular weight is 540 g/mol. The smallest absolute Gasteiger partial charge is 0.255 e. The topological polar surface area (TPSA) is 68.2 Å². The Morgan fingerprint density at radius 2 is 1.55 bits per heavy atom. The van der Waals surface area contributed by atoms with Crippen LogP contribution in [0.4, 0.5) is 17.6 Å². The van der Waals surface area contributed by atoms with Crippen LogP contribution in [0.3, 0.4) is 0 Å². The molecule has 0 amide bonds. The summed E-state index contributed by atoms with van der Waals surface area (Å²) in [6.45, 7) is 3.48. The van der Waals surface area contributed by atoms with Crippen molar-refractivity contribution in [3.05, 3.63) is 39.7 Å². The van der Waals surface area contributed by atoms with Gasteiger partial charge in [0.15, 0.2) is 11.5 Å². The third-order valence-corrected chi connectivity index (χ3v) is 7.65. The van der Waals surface area contributed by atoms with E-state index in [-0.39, 0.29) is 55.8 Å². The molecule has 38 heavy (non-hydrogen) atoms. The molecule has 3 heterocycles. The molecule has 0 bridgehead atoms. The molecule has 0 N–H and O–H groups in total. The summed E-state index contributed by atoms with van der Waals surface area (Å²) in [6, 6.07) is 4.83. The van der Waals surface area contributed by atoms with Crippen molar-refractivity contribution >= 4 is 0 Å². The number of aromatic nitrogens is 1. The number of rotatable bonds is 9. The highest BCUT2D eigenvalue weighted by atomic mass is 19.3. The normalized spacial score (nSPS) is 26.2. The molecule has 1 aromatic carbocycles. The summed E-state index contributed by atoms with van der Waals surface area (Å²) in [5, 5.41) is 0. The van der Waals surface area contributed by atoms with Gasteiger partial charge in [-0.2, -0.15) is 0 Å². The number of ether oxygens (including phenoxy) is 5. The van der Waals surface area contributed by atoms with Gasteiger partial charge >= 0.3 is 0 Å². The molecule has 7 nitrogen and oxygen atoms in total. The van der Waals surface area contributed by atoms with Crippen molar-refractivity contribution in [2.24, 2.45) is 11.8 Å². The first kappa shape index (κ1) is 25.5. The lowest BCUT2D eigenvalue weighted by Crippen LogP contribution is -2.34. The van der Waals surface area contributed by atoms with Gasteiger partial charge in [0.2, 0.25) is 0 Å². The summed E-state index contributed by atoms with van der Waals surface area (Å²) >= 11 is 0. The van der Waals surface area contributed by atoms with Crippen molar-refractivity contribution in [2.45, 2.75) is 50.7 Å². The average Bonchev–Trinajstić information content (AvgIpc) is 3.73. The molecule has 2 aliphatic heterocycles. The molecule has 1 saturated heterocycles. The zero-order chi connectivity index (χ0) is 26.7. The van der Waals surface area contributed by atoms with Gasteiger partial charge in [-0.05, 0) is 31.0 Å². The number of aryl methyl sites for hydroxylation is 1. The summed E-state index contributed by atoms with van der Waals surface area (Å²) in [5.74, 6) is -6.43. The SMILES string of the molecule is Cc1c(OCC2COCCO2)cc(=O)n2c1-c1cc(OCC3CC3(F)F)c(OCC3CC3(F)F)cc1CC2. The molecule has 0 radical (unpaired) electrons. The number of nitrogens with zero attached hydrogens (tertiary/aromatic N) is 1. The molecular formula is C27H29F4NO6. The van der Waals surface area contributed by atoms with Crippen molar-refractivity contribution in [2.75, 3.05) is 39.6 Å². The minimum absolute atomic E-state index is 0.190. The minimum Gasteiger partial charge on any atom is -0.490 e. The summed E-state index contributed by atoms with van der Waals surface area (Å²) in [7, 11) is 0. The first-order valence-electron chi connectivity index (χ1n) is 12.9. The third-order valence-electron chi connectivity index (χ3n) is 7.65. The quantitative estimate of drug-likeness (QED) is 0.444. The molecule has 0 spiro atoms. The van der Waals surface area contributed by atoms with Crippen LogP contribution < -0.4 is 19.8 Å². The Bertz CT molecular complexity index is 1290. The number of pyridine rings is 1. The minimum atomic E-state index is -2.76. The van der Waals surface area contributed by atoms with Gasteiger partial charge in [0, 0.05) is 36.6 Å². The first-order valence-corrected chi connectivity index (χ1v) is 12.9. The Morgan fingerprint density at radius 1 is 0.921 bits per heavy atom. The summed E-state index contributed by atoms with van der Waals surface area (Å²) in [6.07, 6.45) is -0.227. The Balaban J connectivity index is 1.31. The molecule has 206 valence electrons. The molecule has 2 saturated carbocycles. The third kappa shape index (κ3) is 4.98. The highest BCUT2D eigenvalue weighted by Gasteiger charge is 2.58. The maximum absolute atomic E-state index is 13.5. The molecule has 3 atom stereocenters. The number of benzene rings is 1. The van der Waals surface area contributed by atoms with Crippen molar-refractivity contribution in [3.8, 4) is 28.5 Å². The Hall–Kier alpha value is -2.79. The van der Waals surface area contributed by atoms with E-state index in [0.717, 1.165) is 11.1 Å². The van der Waals surface area contributed by atoms with E-state index in [9.17, 15) is 22.4 Å². The summed E-state index contributed by atoms with van der Waals surface area (Å²) in [5.41, 5.74) is 2.67. The van der Waals surface area contributed by atoms with E-state index in [1.165, 1.54) is 6.07 Å². The van der Waals surface area contributed by atoms with E-state index in [4.69, 9.17) is 23.7 Å².